The highest BCUT2D eigenvalue weighted by Crippen LogP contribution is 2.38. The van der Waals surface area contributed by atoms with E-state index in [0.717, 1.165) is 22.3 Å². The van der Waals surface area contributed by atoms with Crippen LogP contribution in [0.4, 0.5) is 5.69 Å². The van der Waals surface area contributed by atoms with Crippen molar-refractivity contribution >= 4 is 67.0 Å². The number of rotatable bonds is 5. The Balaban J connectivity index is 1.83. The van der Waals surface area contributed by atoms with E-state index < -0.39 is 16.0 Å². The van der Waals surface area contributed by atoms with Crippen molar-refractivity contribution in [3.63, 3.8) is 0 Å². The maximum atomic E-state index is 12.8. The number of sulfonamides is 1. The minimum Gasteiger partial charge on any atom is -0.478 e. The van der Waals surface area contributed by atoms with Gasteiger partial charge in [-0.3, -0.25) is 4.72 Å². The maximum absolute atomic E-state index is 12.8. The van der Waals surface area contributed by atoms with Crippen LogP contribution >= 0.6 is 34.5 Å². The van der Waals surface area contributed by atoms with Crippen molar-refractivity contribution in [1.82, 2.24) is 0 Å². The summed E-state index contributed by atoms with van der Waals surface area (Å²) >= 11 is 12.9. The van der Waals surface area contributed by atoms with Gasteiger partial charge in [0.2, 0.25) is 0 Å². The van der Waals surface area contributed by atoms with Crippen LogP contribution in [0.1, 0.15) is 10.4 Å². The van der Waals surface area contributed by atoms with Crippen LogP contribution in [0.2, 0.25) is 8.67 Å². The zero-order valence-corrected chi connectivity index (χ0v) is 18.2. The Hall–Kier alpha value is -2.58. The van der Waals surface area contributed by atoms with Gasteiger partial charge in [-0.05, 0) is 40.8 Å². The molecule has 2 N–H and O–H groups in total. The van der Waals surface area contributed by atoms with Gasteiger partial charge < -0.3 is 5.11 Å². The molecule has 30 heavy (non-hydrogen) atoms. The van der Waals surface area contributed by atoms with Crippen molar-refractivity contribution in [2.45, 2.75) is 4.90 Å². The normalized spacial score (nSPS) is 11.5. The number of carboxylic acid groups (broad SMARTS) is 1. The Morgan fingerprint density at radius 2 is 1.67 bits per heavy atom. The molecule has 0 bridgehead atoms. The summed E-state index contributed by atoms with van der Waals surface area (Å²) in [5.74, 6) is -1.02. The van der Waals surface area contributed by atoms with E-state index in [-0.39, 0.29) is 19.1 Å². The molecule has 0 atom stereocenters. The number of hydrogen-bond donors (Lipinski definition) is 2. The van der Waals surface area contributed by atoms with Crippen molar-refractivity contribution in [1.29, 1.82) is 0 Å². The molecule has 1 heterocycles. The van der Waals surface area contributed by atoms with Crippen LogP contribution in [0.15, 0.2) is 71.6 Å². The number of carboxylic acids is 1. The third-order valence-electron chi connectivity index (χ3n) is 4.50. The van der Waals surface area contributed by atoms with E-state index in [1.54, 1.807) is 36.4 Å². The van der Waals surface area contributed by atoms with Gasteiger partial charge in [-0.15, -0.1) is 11.3 Å². The van der Waals surface area contributed by atoms with E-state index in [1.165, 1.54) is 12.1 Å². The minimum atomic E-state index is -3.94. The van der Waals surface area contributed by atoms with Gasteiger partial charge in [0.15, 0.2) is 0 Å². The minimum absolute atomic E-state index is 0.0820. The zero-order valence-electron chi connectivity index (χ0n) is 15.1. The predicted molar refractivity (Wildman–Crippen MR) is 121 cm³/mol. The molecule has 0 radical (unpaired) electrons. The monoisotopic (exact) mass is 477 g/mol. The maximum Gasteiger partial charge on any atom is 0.335 e. The molecule has 0 amide bonds. The number of anilines is 1. The highest BCUT2D eigenvalue weighted by Gasteiger charge is 2.22. The lowest BCUT2D eigenvalue weighted by Gasteiger charge is -2.14. The second-order valence-electron chi connectivity index (χ2n) is 6.39. The zero-order chi connectivity index (χ0) is 21.5. The SMILES string of the molecule is O=C(O)c1cccc(-c2ccc(NS(=O)(=O)c3cc(Cl)sc3Cl)c3ccccc23)c1. The standard InChI is InChI=1S/C21H13Cl2NO4S2/c22-19-11-18(20(23)29-19)30(27,28)24-17-9-8-14(15-6-1-2-7-16(15)17)12-4-3-5-13(10-12)21(25)26/h1-11,24H,(H,25,26). The topological polar surface area (TPSA) is 83.5 Å². The first-order chi connectivity index (χ1) is 14.3. The van der Waals surface area contributed by atoms with Gasteiger partial charge in [-0.2, -0.15) is 0 Å². The van der Waals surface area contributed by atoms with Gasteiger partial charge >= 0.3 is 5.97 Å². The fourth-order valence-electron chi connectivity index (χ4n) is 3.17. The van der Waals surface area contributed by atoms with Crippen molar-refractivity contribution in [3.8, 4) is 11.1 Å². The molecule has 0 aliphatic carbocycles. The molecule has 0 fully saturated rings. The second-order valence-corrected chi connectivity index (χ2v) is 10.3. The third-order valence-corrected chi connectivity index (χ3v) is 7.62. The molecular formula is C21H13Cl2NO4S2. The van der Waals surface area contributed by atoms with Crippen LogP contribution in [-0.2, 0) is 10.0 Å². The first-order valence-electron chi connectivity index (χ1n) is 8.59. The molecule has 0 aliphatic rings. The lowest BCUT2D eigenvalue weighted by atomic mass is 9.96. The molecule has 4 aromatic rings. The average Bonchev–Trinajstić information content (AvgIpc) is 3.07. The summed E-state index contributed by atoms with van der Waals surface area (Å²) in [6, 6.07) is 18.6. The van der Waals surface area contributed by atoms with Gasteiger partial charge in [-0.1, -0.05) is 65.7 Å². The van der Waals surface area contributed by atoms with E-state index >= 15 is 0 Å². The molecule has 0 saturated heterocycles. The van der Waals surface area contributed by atoms with Crippen LogP contribution in [0.3, 0.4) is 0 Å². The van der Waals surface area contributed by atoms with Crippen LogP contribution in [0.5, 0.6) is 0 Å². The Bertz CT molecular complexity index is 1400. The molecule has 1 aromatic heterocycles. The van der Waals surface area contributed by atoms with E-state index in [4.69, 9.17) is 23.2 Å². The summed E-state index contributed by atoms with van der Waals surface area (Å²) < 4.78 is 28.6. The fourth-order valence-corrected chi connectivity index (χ4v) is 6.40. The average molecular weight is 478 g/mol. The molecule has 0 unspecified atom stereocenters. The second kappa shape index (κ2) is 7.92. The summed E-state index contributed by atoms with van der Waals surface area (Å²) in [6.07, 6.45) is 0. The number of aromatic carboxylic acids is 1. The molecule has 0 spiro atoms. The van der Waals surface area contributed by atoms with Gasteiger partial charge in [0, 0.05) is 5.39 Å². The molecule has 3 aromatic carbocycles. The highest BCUT2D eigenvalue weighted by molar-refractivity contribution is 7.93. The molecule has 5 nitrogen and oxygen atoms in total. The van der Waals surface area contributed by atoms with Gasteiger partial charge in [-0.25, -0.2) is 13.2 Å². The van der Waals surface area contributed by atoms with Crippen LogP contribution < -0.4 is 4.72 Å². The van der Waals surface area contributed by atoms with Crippen molar-refractivity contribution < 1.29 is 18.3 Å². The van der Waals surface area contributed by atoms with Crippen LogP contribution in [0.25, 0.3) is 21.9 Å². The van der Waals surface area contributed by atoms with Gasteiger partial charge in [0.05, 0.1) is 15.6 Å². The van der Waals surface area contributed by atoms with Gasteiger partial charge in [0.25, 0.3) is 10.0 Å². The molecule has 9 heteroatoms. The molecule has 152 valence electrons. The fraction of sp³-hybridized carbons (Fsp3) is 0. The number of thiophene rings is 1. The molecule has 0 saturated carbocycles. The Labute approximate surface area is 186 Å². The lowest BCUT2D eigenvalue weighted by Crippen LogP contribution is -2.12. The van der Waals surface area contributed by atoms with Crippen LogP contribution in [0, 0.1) is 0 Å². The van der Waals surface area contributed by atoms with E-state index in [1.807, 2.05) is 18.2 Å². The Morgan fingerprint density at radius 3 is 2.33 bits per heavy atom. The summed E-state index contributed by atoms with van der Waals surface area (Å²) in [6.45, 7) is 0. The Morgan fingerprint density at radius 1 is 0.933 bits per heavy atom. The smallest absolute Gasteiger partial charge is 0.335 e. The van der Waals surface area contributed by atoms with E-state index in [2.05, 4.69) is 4.72 Å². The number of fused-ring (bicyclic) bond motifs is 1. The largest absolute Gasteiger partial charge is 0.478 e. The first-order valence-corrected chi connectivity index (χ1v) is 11.6. The quantitative estimate of drug-likeness (QED) is 0.349. The number of hydrogen-bond acceptors (Lipinski definition) is 4. The van der Waals surface area contributed by atoms with Crippen molar-refractivity contribution in [2.75, 3.05) is 4.72 Å². The van der Waals surface area contributed by atoms with E-state index in [0.29, 0.717) is 16.6 Å². The summed E-state index contributed by atoms with van der Waals surface area (Å²) in [5, 5.41) is 10.7. The highest BCUT2D eigenvalue weighted by atomic mass is 35.5. The number of halogens is 2. The number of carbonyl (C=O) groups is 1. The number of nitrogens with one attached hydrogen (secondary N) is 1. The first kappa shape index (κ1) is 20.7. The molecule has 4 rings (SSSR count). The van der Waals surface area contributed by atoms with Crippen molar-refractivity contribution in [3.05, 3.63) is 81.0 Å². The molecule has 0 aliphatic heterocycles. The van der Waals surface area contributed by atoms with E-state index in [9.17, 15) is 18.3 Å². The lowest BCUT2D eigenvalue weighted by molar-refractivity contribution is 0.0697. The van der Waals surface area contributed by atoms with Gasteiger partial charge in [0.1, 0.15) is 9.23 Å². The van der Waals surface area contributed by atoms with Crippen LogP contribution in [-0.4, -0.2) is 19.5 Å². The predicted octanol–water partition coefficient (Wildman–Crippen LogP) is 6.37. The summed E-state index contributed by atoms with van der Waals surface area (Å²) in [7, 11) is -3.94. The number of benzene rings is 3. The third kappa shape index (κ3) is 3.89. The summed E-state index contributed by atoms with van der Waals surface area (Å²) in [5.41, 5.74) is 2.05. The van der Waals surface area contributed by atoms with Crippen molar-refractivity contribution in [2.24, 2.45) is 0 Å². The summed E-state index contributed by atoms with van der Waals surface area (Å²) in [4.78, 5) is 11.2. The Kier molecular flexibility index (Phi) is 5.46. The molecular weight excluding hydrogens is 465 g/mol.